The minimum absolute atomic E-state index is 0.111. The topological polar surface area (TPSA) is 35.2 Å². The molecule has 16 heavy (non-hydrogen) atoms. The summed E-state index contributed by atoms with van der Waals surface area (Å²) in [5.41, 5.74) is 7.41. The summed E-state index contributed by atoms with van der Waals surface area (Å²) in [5.74, 6) is 1.43. The lowest BCUT2D eigenvalue weighted by Crippen LogP contribution is -2.19. The van der Waals surface area contributed by atoms with Crippen LogP contribution in [0.15, 0.2) is 24.3 Å². The molecule has 1 aromatic rings. The van der Waals surface area contributed by atoms with Crippen LogP contribution in [0.4, 0.5) is 0 Å². The monoisotopic (exact) mass is 221 g/mol. The van der Waals surface area contributed by atoms with Gasteiger partial charge < -0.3 is 10.5 Å². The third-order valence-corrected chi connectivity index (χ3v) is 2.91. The molecule has 0 bridgehead atoms. The summed E-state index contributed by atoms with van der Waals surface area (Å²) in [6.07, 6.45) is 2.35. The molecule has 0 aliphatic heterocycles. The van der Waals surface area contributed by atoms with Gasteiger partial charge in [0.25, 0.3) is 0 Å². The van der Waals surface area contributed by atoms with Gasteiger partial charge in [0.05, 0.1) is 6.61 Å². The number of hydrogen-bond donors (Lipinski definition) is 1. The van der Waals surface area contributed by atoms with Gasteiger partial charge in [0.15, 0.2) is 0 Å². The summed E-state index contributed by atoms with van der Waals surface area (Å²) in [5, 5.41) is 0. The van der Waals surface area contributed by atoms with Crippen molar-refractivity contribution in [2.75, 3.05) is 6.61 Å². The van der Waals surface area contributed by atoms with Crippen molar-refractivity contribution in [2.45, 2.75) is 39.7 Å². The highest BCUT2D eigenvalue weighted by atomic mass is 16.5. The molecular formula is C14H23NO. The molecule has 0 radical (unpaired) electrons. The molecule has 1 rings (SSSR count). The highest BCUT2D eigenvalue weighted by molar-refractivity contribution is 5.30. The maximum atomic E-state index is 6.23. The van der Waals surface area contributed by atoms with E-state index in [-0.39, 0.29) is 6.04 Å². The fourth-order valence-electron chi connectivity index (χ4n) is 1.94. The zero-order valence-corrected chi connectivity index (χ0v) is 10.6. The van der Waals surface area contributed by atoms with E-state index in [1.807, 2.05) is 19.1 Å². The lowest BCUT2D eigenvalue weighted by atomic mass is 9.92. The first-order chi connectivity index (χ1) is 7.69. The Morgan fingerprint density at radius 3 is 2.69 bits per heavy atom. The summed E-state index contributed by atoms with van der Waals surface area (Å²) in [6.45, 7) is 7.09. The fraction of sp³-hybridized carbons (Fsp3) is 0.571. The van der Waals surface area contributed by atoms with Gasteiger partial charge in [-0.2, -0.15) is 0 Å². The molecule has 0 saturated carbocycles. The highest BCUT2D eigenvalue weighted by Gasteiger charge is 2.14. The van der Waals surface area contributed by atoms with E-state index in [9.17, 15) is 0 Å². The molecule has 0 spiro atoms. The van der Waals surface area contributed by atoms with Crippen LogP contribution in [0.1, 0.15) is 45.2 Å². The van der Waals surface area contributed by atoms with Crippen molar-refractivity contribution in [3.05, 3.63) is 29.8 Å². The van der Waals surface area contributed by atoms with E-state index in [0.717, 1.165) is 5.75 Å². The van der Waals surface area contributed by atoms with Gasteiger partial charge in [0.2, 0.25) is 0 Å². The Hall–Kier alpha value is -1.02. The third kappa shape index (κ3) is 3.53. The molecule has 2 nitrogen and oxygen atoms in total. The van der Waals surface area contributed by atoms with Crippen LogP contribution in [0, 0.1) is 5.92 Å². The molecule has 2 unspecified atom stereocenters. The molecule has 2 N–H and O–H groups in total. The Morgan fingerprint density at radius 1 is 1.31 bits per heavy atom. The second kappa shape index (κ2) is 6.54. The molecular weight excluding hydrogens is 198 g/mol. The summed E-state index contributed by atoms with van der Waals surface area (Å²) < 4.78 is 5.48. The van der Waals surface area contributed by atoms with Gasteiger partial charge in [-0.05, 0) is 37.0 Å². The minimum Gasteiger partial charge on any atom is -0.494 e. The summed E-state index contributed by atoms with van der Waals surface area (Å²) in [7, 11) is 0. The van der Waals surface area contributed by atoms with Crippen molar-refractivity contribution in [2.24, 2.45) is 11.7 Å². The van der Waals surface area contributed by atoms with E-state index in [0.29, 0.717) is 12.5 Å². The maximum Gasteiger partial charge on any atom is 0.119 e. The zero-order chi connectivity index (χ0) is 12.0. The van der Waals surface area contributed by atoms with E-state index in [2.05, 4.69) is 26.0 Å². The second-order valence-corrected chi connectivity index (χ2v) is 4.30. The number of hydrogen-bond acceptors (Lipinski definition) is 2. The number of rotatable bonds is 6. The van der Waals surface area contributed by atoms with E-state index >= 15 is 0 Å². The first-order valence-corrected chi connectivity index (χ1v) is 6.17. The maximum absolute atomic E-state index is 6.23. The van der Waals surface area contributed by atoms with E-state index in [4.69, 9.17) is 10.5 Å². The van der Waals surface area contributed by atoms with Gasteiger partial charge in [-0.25, -0.2) is 0 Å². The van der Waals surface area contributed by atoms with Crippen LogP contribution in [-0.2, 0) is 0 Å². The Bertz CT molecular complexity index is 311. The average molecular weight is 221 g/mol. The molecule has 2 atom stereocenters. The average Bonchev–Trinajstić information content (AvgIpc) is 2.29. The van der Waals surface area contributed by atoms with Crippen molar-refractivity contribution in [3.63, 3.8) is 0 Å². The van der Waals surface area contributed by atoms with Crippen LogP contribution in [0.3, 0.4) is 0 Å². The Kier molecular flexibility index (Phi) is 5.33. The van der Waals surface area contributed by atoms with Crippen molar-refractivity contribution >= 4 is 0 Å². The number of nitrogens with two attached hydrogens (primary N) is 1. The van der Waals surface area contributed by atoms with Crippen LogP contribution in [0.2, 0.25) is 0 Å². The minimum atomic E-state index is 0.111. The Morgan fingerprint density at radius 2 is 2.06 bits per heavy atom. The molecule has 0 aromatic heterocycles. The van der Waals surface area contributed by atoms with Crippen molar-refractivity contribution < 1.29 is 4.74 Å². The van der Waals surface area contributed by atoms with E-state index < -0.39 is 0 Å². The fourth-order valence-corrected chi connectivity index (χ4v) is 1.94. The molecule has 90 valence electrons. The van der Waals surface area contributed by atoms with Crippen LogP contribution in [0.5, 0.6) is 5.75 Å². The molecule has 2 heteroatoms. The predicted molar refractivity (Wildman–Crippen MR) is 68.6 cm³/mol. The normalized spacial score (nSPS) is 14.5. The Balaban J connectivity index is 2.74. The smallest absolute Gasteiger partial charge is 0.119 e. The first-order valence-electron chi connectivity index (χ1n) is 6.17. The SMILES string of the molecule is CCCC(C)C(N)c1cccc(OCC)c1. The summed E-state index contributed by atoms with van der Waals surface area (Å²) in [4.78, 5) is 0. The Labute approximate surface area is 98.8 Å². The van der Waals surface area contributed by atoms with Gasteiger partial charge in [-0.15, -0.1) is 0 Å². The zero-order valence-electron chi connectivity index (χ0n) is 10.6. The lowest BCUT2D eigenvalue weighted by Gasteiger charge is -2.20. The predicted octanol–water partition coefficient (Wildman–Crippen LogP) is 3.52. The molecule has 0 fully saturated rings. The van der Waals surface area contributed by atoms with Crippen molar-refractivity contribution in [1.29, 1.82) is 0 Å². The van der Waals surface area contributed by atoms with E-state index in [1.54, 1.807) is 0 Å². The van der Waals surface area contributed by atoms with Crippen molar-refractivity contribution in [3.8, 4) is 5.75 Å². The van der Waals surface area contributed by atoms with Gasteiger partial charge in [-0.3, -0.25) is 0 Å². The molecule has 1 aromatic carbocycles. The van der Waals surface area contributed by atoms with E-state index in [1.165, 1.54) is 18.4 Å². The number of ether oxygens (including phenoxy) is 1. The lowest BCUT2D eigenvalue weighted by molar-refractivity contribution is 0.338. The van der Waals surface area contributed by atoms with Crippen LogP contribution in [0.25, 0.3) is 0 Å². The van der Waals surface area contributed by atoms with Crippen LogP contribution in [-0.4, -0.2) is 6.61 Å². The largest absolute Gasteiger partial charge is 0.494 e. The molecule has 0 aliphatic rings. The molecule has 0 heterocycles. The number of benzene rings is 1. The van der Waals surface area contributed by atoms with Crippen LogP contribution >= 0.6 is 0 Å². The third-order valence-electron chi connectivity index (χ3n) is 2.91. The standard InChI is InChI=1S/C14H23NO/c1-4-7-11(3)14(15)12-8-6-9-13(10-12)16-5-2/h6,8-11,14H,4-5,7,15H2,1-3H3. The second-order valence-electron chi connectivity index (χ2n) is 4.30. The molecule has 0 saturated heterocycles. The van der Waals surface area contributed by atoms with Gasteiger partial charge in [0.1, 0.15) is 5.75 Å². The quantitative estimate of drug-likeness (QED) is 0.797. The van der Waals surface area contributed by atoms with Crippen LogP contribution < -0.4 is 10.5 Å². The highest BCUT2D eigenvalue weighted by Crippen LogP contribution is 2.25. The summed E-state index contributed by atoms with van der Waals surface area (Å²) in [6, 6.07) is 8.24. The van der Waals surface area contributed by atoms with Crippen molar-refractivity contribution in [1.82, 2.24) is 0 Å². The van der Waals surface area contributed by atoms with Gasteiger partial charge >= 0.3 is 0 Å². The first kappa shape index (κ1) is 13.0. The molecule has 0 amide bonds. The van der Waals surface area contributed by atoms with Gasteiger partial charge in [-0.1, -0.05) is 32.4 Å². The van der Waals surface area contributed by atoms with Gasteiger partial charge in [0, 0.05) is 6.04 Å². The molecule has 0 aliphatic carbocycles. The summed E-state index contributed by atoms with van der Waals surface area (Å²) >= 11 is 0.